The molecule has 2 fully saturated rings. The first kappa shape index (κ1) is 29.0. The van der Waals surface area contributed by atoms with Gasteiger partial charge in [-0.3, -0.25) is 0 Å². The summed E-state index contributed by atoms with van der Waals surface area (Å²) in [6.45, 7) is 9.24. The molecule has 2 saturated heterocycles. The van der Waals surface area contributed by atoms with E-state index in [1.54, 1.807) is 13.2 Å². The van der Waals surface area contributed by atoms with E-state index in [-0.39, 0.29) is 11.7 Å². The normalized spacial score (nSPS) is 24.4. The van der Waals surface area contributed by atoms with Crippen LogP contribution in [0.15, 0.2) is 30.3 Å². The number of ether oxygens (including phenoxy) is 3. The Kier molecular flexibility index (Phi) is 10.1. The van der Waals surface area contributed by atoms with Crippen LogP contribution in [0.2, 0.25) is 0 Å². The number of nitrogens with zero attached hydrogens (tertiary/aromatic N) is 3. The largest absolute Gasteiger partial charge is 0.383 e. The number of nitrogens with one attached hydrogen (secondary N) is 1. The Bertz CT molecular complexity index is 1270. The number of benzene rings is 1. The van der Waals surface area contributed by atoms with Crippen molar-refractivity contribution in [3.63, 3.8) is 0 Å². The number of halogens is 1. The second-order valence-electron chi connectivity index (χ2n) is 11.7. The summed E-state index contributed by atoms with van der Waals surface area (Å²) >= 11 is 0. The second-order valence-corrected chi connectivity index (χ2v) is 11.7. The van der Waals surface area contributed by atoms with Crippen LogP contribution in [0, 0.1) is 17.7 Å². The predicted molar refractivity (Wildman–Crippen MR) is 155 cm³/mol. The second kappa shape index (κ2) is 13.9. The Balaban J connectivity index is 1.53. The molecule has 0 amide bonds. The Labute approximate surface area is 237 Å². The molecule has 4 heterocycles. The zero-order valence-electron chi connectivity index (χ0n) is 24.1. The van der Waals surface area contributed by atoms with E-state index in [9.17, 15) is 4.39 Å². The van der Waals surface area contributed by atoms with Crippen molar-refractivity contribution in [1.82, 2.24) is 20.3 Å². The fourth-order valence-corrected chi connectivity index (χ4v) is 5.89. The standard InChI is InChI=1S/C32H43FN4O3/c1-21-4-5-23(10-13-39-19-21)30-27-7-9-29(24-6-8-28(33)26(17-24)18-34-12-15-38-3)35-32(27)37-31(36-30)25-11-14-40-20-22(2)16-25/h6-9,17,21-23,25,34H,4-5,10-16,18-20H2,1-3H3/t21-,22-,23?,25?/m1/s1. The van der Waals surface area contributed by atoms with Crippen molar-refractivity contribution in [2.24, 2.45) is 11.8 Å². The molecule has 0 bridgehead atoms. The van der Waals surface area contributed by atoms with E-state index in [1.165, 1.54) is 6.07 Å². The predicted octanol–water partition coefficient (Wildman–Crippen LogP) is 6.02. The molecule has 2 aliphatic rings. The zero-order valence-corrected chi connectivity index (χ0v) is 24.1. The molecule has 2 unspecified atom stereocenters. The topological polar surface area (TPSA) is 78.4 Å². The maximum absolute atomic E-state index is 14.6. The van der Waals surface area contributed by atoms with E-state index in [0.29, 0.717) is 43.0 Å². The van der Waals surface area contributed by atoms with Gasteiger partial charge in [-0.1, -0.05) is 13.8 Å². The molecular formula is C32H43FN4O3. The molecule has 216 valence electrons. The van der Waals surface area contributed by atoms with E-state index >= 15 is 0 Å². The molecule has 0 saturated carbocycles. The number of methoxy groups -OCH3 is 1. The summed E-state index contributed by atoms with van der Waals surface area (Å²) < 4.78 is 31.5. The molecule has 4 atom stereocenters. The number of hydrogen-bond acceptors (Lipinski definition) is 7. The SMILES string of the molecule is COCCNCc1cc(-c2ccc3c(C4CCOC[C@H](C)CC4)nc(C4CCOC[C@H](C)C4)nc3n2)ccc1F. The van der Waals surface area contributed by atoms with Crippen molar-refractivity contribution in [3.8, 4) is 11.3 Å². The van der Waals surface area contributed by atoms with E-state index < -0.39 is 0 Å². The number of hydrogen-bond donors (Lipinski definition) is 1. The molecule has 3 aromatic rings. The summed E-state index contributed by atoms with van der Waals surface area (Å²) in [4.78, 5) is 15.4. The van der Waals surface area contributed by atoms with Crippen LogP contribution < -0.4 is 5.32 Å². The third kappa shape index (κ3) is 7.21. The van der Waals surface area contributed by atoms with Crippen molar-refractivity contribution in [2.75, 3.05) is 46.7 Å². The van der Waals surface area contributed by atoms with Gasteiger partial charge in [-0.25, -0.2) is 19.3 Å². The lowest BCUT2D eigenvalue weighted by atomic mass is 9.88. The fourth-order valence-electron chi connectivity index (χ4n) is 5.89. The van der Waals surface area contributed by atoms with E-state index in [0.717, 1.165) is 92.3 Å². The summed E-state index contributed by atoms with van der Waals surface area (Å²) in [5.74, 6) is 2.19. The lowest BCUT2D eigenvalue weighted by Gasteiger charge is -2.25. The maximum atomic E-state index is 14.6. The molecule has 0 spiro atoms. The Morgan fingerprint density at radius 2 is 1.73 bits per heavy atom. The van der Waals surface area contributed by atoms with Gasteiger partial charge in [0, 0.05) is 75.0 Å². The van der Waals surface area contributed by atoms with Crippen LogP contribution in [0.4, 0.5) is 4.39 Å². The fraction of sp³-hybridized carbons (Fsp3) is 0.594. The number of fused-ring (bicyclic) bond motifs is 1. The van der Waals surface area contributed by atoms with Crippen LogP contribution in [0.3, 0.4) is 0 Å². The molecule has 1 aromatic carbocycles. The summed E-state index contributed by atoms with van der Waals surface area (Å²) in [6, 6.07) is 9.33. The molecule has 0 aliphatic carbocycles. The van der Waals surface area contributed by atoms with Gasteiger partial charge in [-0.15, -0.1) is 0 Å². The van der Waals surface area contributed by atoms with Crippen LogP contribution in [-0.4, -0.2) is 61.6 Å². The zero-order chi connectivity index (χ0) is 27.9. The molecule has 2 aliphatic heterocycles. The Morgan fingerprint density at radius 3 is 2.55 bits per heavy atom. The molecule has 2 aromatic heterocycles. The molecular weight excluding hydrogens is 507 g/mol. The van der Waals surface area contributed by atoms with Crippen LogP contribution in [0.25, 0.3) is 22.3 Å². The van der Waals surface area contributed by atoms with Crippen molar-refractivity contribution >= 4 is 11.0 Å². The van der Waals surface area contributed by atoms with Gasteiger partial charge >= 0.3 is 0 Å². The van der Waals surface area contributed by atoms with E-state index in [1.807, 2.05) is 12.1 Å². The minimum Gasteiger partial charge on any atom is -0.383 e. The van der Waals surface area contributed by atoms with Crippen molar-refractivity contribution < 1.29 is 18.6 Å². The number of rotatable bonds is 8. The first-order valence-corrected chi connectivity index (χ1v) is 14.8. The lowest BCUT2D eigenvalue weighted by Crippen LogP contribution is -2.19. The molecule has 40 heavy (non-hydrogen) atoms. The Morgan fingerprint density at radius 1 is 0.925 bits per heavy atom. The first-order valence-electron chi connectivity index (χ1n) is 14.8. The van der Waals surface area contributed by atoms with Gasteiger partial charge < -0.3 is 19.5 Å². The minimum absolute atomic E-state index is 0.230. The van der Waals surface area contributed by atoms with Gasteiger partial charge in [-0.2, -0.15) is 0 Å². The molecule has 5 rings (SSSR count). The highest BCUT2D eigenvalue weighted by Crippen LogP contribution is 2.36. The van der Waals surface area contributed by atoms with Gasteiger partial charge in [0.1, 0.15) is 11.6 Å². The molecule has 0 radical (unpaired) electrons. The Hall–Kier alpha value is -2.52. The van der Waals surface area contributed by atoms with Crippen LogP contribution >= 0.6 is 0 Å². The van der Waals surface area contributed by atoms with E-state index in [2.05, 4.69) is 25.2 Å². The monoisotopic (exact) mass is 550 g/mol. The van der Waals surface area contributed by atoms with E-state index in [4.69, 9.17) is 29.2 Å². The third-order valence-corrected chi connectivity index (χ3v) is 8.22. The highest BCUT2D eigenvalue weighted by atomic mass is 19.1. The summed E-state index contributed by atoms with van der Waals surface area (Å²) in [5.41, 5.74) is 4.08. The molecule has 7 nitrogen and oxygen atoms in total. The lowest BCUT2D eigenvalue weighted by molar-refractivity contribution is 0.0809. The average molecular weight is 551 g/mol. The van der Waals surface area contributed by atoms with Crippen LogP contribution in [0.5, 0.6) is 0 Å². The summed E-state index contributed by atoms with van der Waals surface area (Å²) in [5, 5.41) is 4.24. The minimum atomic E-state index is -0.230. The van der Waals surface area contributed by atoms with Gasteiger partial charge in [0.2, 0.25) is 0 Å². The summed E-state index contributed by atoms with van der Waals surface area (Å²) in [7, 11) is 1.66. The molecule has 8 heteroatoms. The number of pyridine rings is 1. The average Bonchev–Trinajstić information content (AvgIpc) is 3.18. The van der Waals surface area contributed by atoms with Gasteiger partial charge in [0.15, 0.2) is 5.65 Å². The smallest absolute Gasteiger partial charge is 0.163 e. The number of aromatic nitrogens is 3. The first-order chi connectivity index (χ1) is 19.5. The third-order valence-electron chi connectivity index (χ3n) is 8.22. The van der Waals surface area contributed by atoms with Crippen molar-refractivity contribution in [3.05, 3.63) is 53.2 Å². The van der Waals surface area contributed by atoms with Gasteiger partial charge in [0.05, 0.1) is 18.0 Å². The van der Waals surface area contributed by atoms with Crippen LogP contribution in [0.1, 0.15) is 74.9 Å². The van der Waals surface area contributed by atoms with Gasteiger partial charge in [-0.05, 0) is 74.3 Å². The van der Waals surface area contributed by atoms with Crippen molar-refractivity contribution in [2.45, 2.75) is 64.3 Å². The summed E-state index contributed by atoms with van der Waals surface area (Å²) in [6.07, 6.45) is 5.06. The van der Waals surface area contributed by atoms with Crippen molar-refractivity contribution in [1.29, 1.82) is 0 Å². The van der Waals surface area contributed by atoms with Gasteiger partial charge in [0.25, 0.3) is 0 Å². The highest BCUT2D eigenvalue weighted by Gasteiger charge is 2.26. The molecule has 1 N–H and O–H groups in total. The quantitative estimate of drug-likeness (QED) is 0.344. The van der Waals surface area contributed by atoms with Crippen LogP contribution in [-0.2, 0) is 20.8 Å². The highest BCUT2D eigenvalue weighted by molar-refractivity contribution is 5.81. The maximum Gasteiger partial charge on any atom is 0.163 e.